The van der Waals surface area contributed by atoms with Crippen LogP contribution in [-0.4, -0.2) is 0 Å². The standard InChI is InChI=1S/C23H26.2C2H6/c1-15(2)22(23-12-16(3)8-9-18(23)5)14-20(7)21-11-10-17(4)19(6)13-21;2*1-2/h8-14H,1,5H2,2-4,6-7H3;2*1-2H3/b20-14+,23-22+;;. The van der Waals surface area contributed by atoms with E-state index in [2.05, 4.69) is 90.3 Å². The number of hydrogen-bond donors (Lipinski definition) is 0. The predicted octanol–water partition coefficient (Wildman–Crippen LogP) is 6.90. The molecule has 0 saturated heterocycles. The van der Waals surface area contributed by atoms with Crippen molar-refractivity contribution in [1.82, 2.24) is 0 Å². The third kappa shape index (κ3) is 7.06. The summed E-state index contributed by atoms with van der Waals surface area (Å²) in [5, 5.41) is 2.21. The van der Waals surface area contributed by atoms with Gasteiger partial charge in [0.1, 0.15) is 0 Å². The highest BCUT2D eigenvalue weighted by atomic mass is 14.1. The van der Waals surface area contributed by atoms with Gasteiger partial charge in [-0.2, -0.15) is 0 Å². The van der Waals surface area contributed by atoms with E-state index in [0.29, 0.717) is 0 Å². The molecule has 0 heteroatoms. The Labute approximate surface area is 167 Å². The maximum absolute atomic E-state index is 4.18. The normalized spacial score (nSPS) is 11.5. The number of benzene rings is 2. The molecular formula is C27H38. The quantitative estimate of drug-likeness (QED) is 0.557. The second kappa shape index (κ2) is 12.1. The maximum Gasteiger partial charge on any atom is -0.0112 e. The molecule has 0 heterocycles. The summed E-state index contributed by atoms with van der Waals surface area (Å²) < 4.78 is 0. The fourth-order valence-electron chi connectivity index (χ4n) is 2.66. The number of allylic oxidation sites excluding steroid dienone is 3. The van der Waals surface area contributed by atoms with Crippen LogP contribution in [0.15, 0.2) is 54.6 Å². The van der Waals surface area contributed by atoms with Crippen LogP contribution < -0.4 is 10.4 Å². The third-order valence-corrected chi connectivity index (χ3v) is 4.34. The van der Waals surface area contributed by atoms with Crippen molar-refractivity contribution in [2.45, 2.75) is 62.3 Å². The summed E-state index contributed by atoms with van der Waals surface area (Å²) in [5.74, 6) is 0. The second-order valence-electron chi connectivity index (χ2n) is 6.48. The zero-order valence-corrected chi connectivity index (χ0v) is 19.0. The maximum atomic E-state index is 4.18. The van der Waals surface area contributed by atoms with Gasteiger partial charge in [-0.15, -0.1) is 0 Å². The van der Waals surface area contributed by atoms with E-state index in [1.807, 2.05) is 27.7 Å². The third-order valence-electron chi connectivity index (χ3n) is 4.34. The van der Waals surface area contributed by atoms with E-state index in [1.165, 1.54) is 33.0 Å². The minimum absolute atomic E-state index is 1.04. The summed E-state index contributed by atoms with van der Waals surface area (Å²) in [5.41, 5.74) is 8.60. The topological polar surface area (TPSA) is 0 Å². The van der Waals surface area contributed by atoms with Crippen LogP contribution in [0.2, 0.25) is 0 Å². The molecule has 2 aromatic rings. The Bertz CT molecular complexity index is 892. The Balaban J connectivity index is 0.00000158. The Hall–Kier alpha value is -2.34. The minimum atomic E-state index is 1.04. The van der Waals surface area contributed by atoms with Gasteiger partial charge in [-0.05, 0) is 72.9 Å². The van der Waals surface area contributed by atoms with Crippen LogP contribution in [0, 0.1) is 20.8 Å². The van der Waals surface area contributed by atoms with Crippen LogP contribution in [0.4, 0.5) is 0 Å². The number of rotatable bonds is 3. The van der Waals surface area contributed by atoms with Gasteiger partial charge in [0.2, 0.25) is 0 Å². The van der Waals surface area contributed by atoms with Crippen molar-refractivity contribution in [2.24, 2.45) is 0 Å². The summed E-state index contributed by atoms with van der Waals surface area (Å²) in [4.78, 5) is 0. The van der Waals surface area contributed by atoms with Crippen molar-refractivity contribution in [3.05, 3.63) is 87.3 Å². The van der Waals surface area contributed by atoms with Gasteiger partial charge in [0.25, 0.3) is 0 Å². The summed E-state index contributed by atoms with van der Waals surface area (Å²) in [6.45, 7) is 27.0. The average molecular weight is 363 g/mol. The lowest BCUT2D eigenvalue weighted by Gasteiger charge is -2.09. The number of hydrogen-bond acceptors (Lipinski definition) is 0. The van der Waals surface area contributed by atoms with Crippen LogP contribution >= 0.6 is 0 Å². The van der Waals surface area contributed by atoms with E-state index in [0.717, 1.165) is 16.4 Å². The average Bonchev–Trinajstić information content (AvgIpc) is 2.67. The van der Waals surface area contributed by atoms with Gasteiger partial charge in [-0.1, -0.05) is 94.5 Å². The molecule has 2 aromatic carbocycles. The van der Waals surface area contributed by atoms with Crippen molar-refractivity contribution >= 4 is 17.7 Å². The van der Waals surface area contributed by atoms with Crippen molar-refractivity contribution in [3.63, 3.8) is 0 Å². The van der Waals surface area contributed by atoms with Gasteiger partial charge < -0.3 is 0 Å². The van der Waals surface area contributed by atoms with E-state index in [-0.39, 0.29) is 0 Å². The van der Waals surface area contributed by atoms with Gasteiger partial charge in [-0.3, -0.25) is 0 Å². The van der Waals surface area contributed by atoms with Gasteiger partial charge in [-0.25, -0.2) is 0 Å². The summed E-state index contributed by atoms with van der Waals surface area (Å²) >= 11 is 0. The molecule has 0 aliphatic heterocycles. The van der Waals surface area contributed by atoms with Crippen molar-refractivity contribution < 1.29 is 0 Å². The first-order chi connectivity index (χ1) is 12.8. The van der Waals surface area contributed by atoms with Crippen LogP contribution in [-0.2, 0) is 0 Å². The molecule has 0 nitrogen and oxygen atoms in total. The Morgan fingerprint density at radius 3 is 1.93 bits per heavy atom. The Morgan fingerprint density at radius 2 is 1.41 bits per heavy atom. The molecule has 0 radical (unpaired) electrons. The SMILES string of the molecule is C=C(C)C(/C=C(\C)c1ccc(C)c(C)c1)=c1\cc(C)ccc1=C.CC.CC. The first kappa shape index (κ1) is 24.7. The first-order valence-corrected chi connectivity index (χ1v) is 10.0. The van der Waals surface area contributed by atoms with Gasteiger partial charge in [0.05, 0.1) is 0 Å². The highest BCUT2D eigenvalue weighted by molar-refractivity contribution is 5.82. The fraction of sp³-hybridized carbons (Fsp3) is 0.333. The highest BCUT2D eigenvalue weighted by Crippen LogP contribution is 2.21. The van der Waals surface area contributed by atoms with E-state index in [9.17, 15) is 0 Å². The molecule has 146 valence electrons. The molecule has 0 aliphatic carbocycles. The van der Waals surface area contributed by atoms with Crippen molar-refractivity contribution in [3.8, 4) is 0 Å². The molecule has 2 rings (SSSR count). The highest BCUT2D eigenvalue weighted by Gasteiger charge is 2.03. The molecule has 0 bridgehead atoms. The lowest BCUT2D eigenvalue weighted by Crippen LogP contribution is -2.25. The first-order valence-electron chi connectivity index (χ1n) is 10.0. The fourth-order valence-corrected chi connectivity index (χ4v) is 2.66. The molecule has 27 heavy (non-hydrogen) atoms. The Kier molecular flexibility index (Phi) is 11.1. The van der Waals surface area contributed by atoms with Crippen LogP contribution in [0.25, 0.3) is 17.7 Å². The summed E-state index contributed by atoms with van der Waals surface area (Å²) in [6, 6.07) is 13.0. The summed E-state index contributed by atoms with van der Waals surface area (Å²) in [7, 11) is 0. The van der Waals surface area contributed by atoms with Crippen LogP contribution in [0.3, 0.4) is 0 Å². The van der Waals surface area contributed by atoms with Crippen molar-refractivity contribution in [1.29, 1.82) is 0 Å². The largest absolute Gasteiger partial charge is 0.0955 e. The van der Waals surface area contributed by atoms with Crippen LogP contribution in [0.1, 0.15) is 63.8 Å². The molecule has 0 N–H and O–H groups in total. The Morgan fingerprint density at radius 1 is 0.815 bits per heavy atom. The van der Waals surface area contributed by atoms with Gasteiger partial charge in [0.15, 0.2) is 0 Å². The molecule has 0 aliphatic rings. The lowest BCUT2D eigenvalue weighted by atomic mass is 9.96. The van der Waals surface area contributed by atoms with E-state index in [4.69, 9.17) is 0 Å². The predicted molar refractivity (Wildman–Crippen MR) is 126 cm³/mol. The second-order valence-corrected chi connectivity index (χ2v) is 6.48. The van der Waals surface area contributed by atoms with E-state index < -0.39 is 0 Å². The zero-order valence-electron chi connectivity index (χ0n) is 19.0. The molecule has 0 fully saturated rings. The molecule has 0 unspecified atom stereocenters. The summed E-state index contributed by atoms with van der Waals surface area (Å²) in [6.07, 6.45) is 2.23. The van der Waals surface area contributed by atoms with E-state index in [1.54, 1.807) is 0 Å². The number of aryl methyl sites for hydroxylation is 3. The molecule has 0 spiro atoms. The van der Waals surface area contributed by atoms with Gasteiger partial charge >= 0.3 is 0 Å². The molecule has 0 aromatic heterocycles. The molecule has 0 saturated carbocycles. The smallest absolute Gasteiger partial charge is 0.0112 e. The van der Waals surface area contributed by atoms with Crippen LogP contribution in [0.5, 0.6) is 0 Å². The zero-order chi connectivity index (χ0) is 21.1. The lowest BCUT2D eigenvalue weighted by molar-refractivity contribution is 1.32. The van der Waals surface area contributed by atoms with E-state index >= 15 is 0 Å². The van der Waals surface area contributed by atoms with Gasteiger partial charge in [0, 0.05) is 0 Å². The molecule has 0 amide bonds. The molecule has 0 atom stereocenters. The monoisotopic (exact) mass is 362 g/mol. The minimum Gasteiger partial charge on any atom is -0.0955 e. The molecular weight excluding hydrogens is 324 g/mol. The van der Waals surface area contributed by atoms with Crippen molar-refractivity contribution in [2.75, 3.05) is 0 Å².